The first-order valence-corrected chi connectivity index (χ1v) is 11.8. The lowest BCUT2D eigenvalue weighted by Crippen LogP contribution is -2.52. The van der Waals surface area contributed by atoms with Crippen molar-refractivity contribution in [3.05, 3.63) is 107 Å². The lowest BCUT2D eigenvalue weighted by Gasteiger charge is -2.27. The van der Waals surface area contributed by atoms with Crippen LogP contribution >= 0.6 is 15.9 Å². The van der Waals surface area contributed by atoms with Crippen LogP contribution in [-0.4, -0.2) is 31.0 Å². The largest absolute Gasteiger partial charge is 0.468 e. The fraction of sp³-hybridized carbons (Fsp3) is 0.143. The molecule has 190 valence electrons. The van der Waals surface area contributed by atoms with Crippen LogP contribution in [0.5, 0.6) is 11.5 Å². The number of halogens is 1. The maximum Gasteiger partial charge on any atom is 0.340 e. The van der Waals surface area contributed by atoms with Crippen LogP contribution in [0.4, 0.5) is 0 Å². The molecule has 3 aromatic carbocycles. The van der Waals surface area contributed by atoms with E-state index in [9.17, 15) is 19.2 Å². The number of carbonyl (C=O) groups is 4. The van der Waals surface area contributed by atoms with E-state index in [1.807, 2.05) is 0 Å². The highest BCUT2D eigenvalue weighted by atomic mass is 79.9. The highest BCUT2D eigenvalue weighted by Crippen LogP contribution is 2.33. The van der Waals surface area contributed by atoms with Gasteiger partial charge in [0.25, 0.3) is 5.41 Å². The smallest absolute Gasteiger partial charge is 0.340 e. The minimum absolute atomic E-state index is 0.0664. The topological polar surface area (TPSA) is 105 Å². The highest BCUT2D eigenvalue weighted by Gasteiger charge is 2.58. The molecule has 0 bridgehead atoms. The Morgan fingerprint density at radius 1 is 0.757 bits per heavy atom. The van der Waals surface area contributed by atoms with Gasteiger partial charge in [0.05, 0.1) is 7.11 Å². The standard InChI is InChI=1S/C28H23BrO8/c1-19(24(30)35-18-20-13-15-21(29)16-14-20)17-28(25(31)34-2,26(32)36-22-9-5-3-6-10-22)27(33)37-23-11-7-4-8-12-23/h3-16H,1,17-18H2,2H3. The molecule has 0 unspecified atom stereocenters. The Balaban J connectivity index is 1.90. The molecule has 0 aromatic heterocycles. The van der Waals surface area contributed by atoms with Crippen molar-refractivity contribution in [3.63, 3.8) is 0 Å². The second-order valence-electron chi connectivity index (χ2n) is 7.78. The van der Waals surface area contributed by atoms with Gasteiger partial charge < -0.3 is 18.9 Å². The van der Waals surface area contributed by atoms with Crippen LogP contribution in [-0.2, 0) is 35.3 Å². The van der Waals surface area contributed by atoms with Crippen molar-refractivity contribution in [1.29, 1.82) is 0 Å². The van der Waals surface area contributed by atoms with E-state index in [1.54, 1.807) is 60.7 Å². The zero-order valence-corrected chi connectivity index (χ0v) is 21.4. The highest BCUT2D eigenvalue weighted by molar-refractivity contribution is 9.10. The minimum atomic E-state index is -2.70. The Morgan fingerprint density at radius 2 is 1.24 bits per heavy atom. The van der Waals surface area contributed by atoms with Gasteiger partial charge in [0.15, 0.2) is 0 Å². The van der Waals surface area contributed by atoms with Crippen molar-refractivity contribution >= 4 is 39.8 Å². The summed E-state index contributed by atoms with van der Waals surface area (Å²) in [5, 5.41) is 0. The first kappa shape index (κ1) is 27.3. The minimum Gasteiger partial charge on any atom is -0.468 e. The van der Waals surface area contributed by atoms with Crippen molar-refractivity contribution in [1.82, 2.24) is 0 Å². The van der Waals surface area contributed by atoms with Crippen molar-refractivity contribution in [2.24, 2.45) is 5.41 Å². The third-order valence-corrected chi connectivity index (χ3v) is 5.72. The normalized spacial score (nSPS) is 10.6. The van der Waals surface area contributed by atoms with E-state index < -0.39 is 35.7 Å². The van der Waals surface area contributed by atoms with Crippen molar-refractivity contribution in [2.45, 2.75) is 13.0 Å². The molecule has 0 spiro atoms. The molecular formula is C28H23BrO8. The van der Waals surface area contributed by atoms with Gasteiger partial charge in [-0.05, 0) is 42.0 Å². The lowest BCUT2D eigenvalue weighted by atomic mass is 9.81. The number of para-hydroxylation sites is 2. The Labute approximate surface area is 221 Å². The van der Waals surface area contributed by atoms with Gasteiger partial charge in [-0.15, -0.1) is 0 Å². The summed E-state index contributed by atoms with van der Waals surface area (Å²) in [7, 11) is 0.997. The van der Waals surface area contributed by atoms with Crippen LogP contribution in [0.25, 0.3) is 0 Å². The van der Waals surface area contributed by atoms with Crippen molar-refractivity contribution in [2.75, 3.05) is 7.11 Å². The van der Waals surface area contributed by atoms with Crippen LogP contribution in [0.3, 0.4) is 0 Å². The molecular weight excluding hydrogens is 544 g/mol. The molecule has 0 amide bonds. The van der Waals surface area contributed by atoms with E-state index in [1.165, 1.54) is 24.3 Å². The maximum absolute atomic E-state index is 13.4. The number of hydrogen-bond donors (Lipinski definition) is 0. The molecule has 0 radical (unpaired) electrons. The monoisotopic (exact) mass is 566 g/mol. The molecule has 3 aromatic rings. The van der Waals surface area contributed by atoms with Gasteiger partial charge in [-0.1, -0.05) is 71.0 Å². The van der Waals surface area contributed by atoms with E-state index in [0.29, 0.717) is 5.56 Å². The number of methoxy groups -OCH3 is 1. The van der Waals surface area contributed by atoms with E-state index in [-0.39, 0.29) is 23.7 Å². The van der Waals surface area contributed by atoms with Gasteiger partial charge in [0.2, 0.25) is 0 Å². The maximum atomic E-state index is 13.4. The Kier molecular flexibility index (Phi) is 9.34. The molecule has 3 rings (SSSR count). The van der Waals surface area contributed by atoms with Crippen LogP contribution in [0, 0.1) is 5.41 Å². The number of carbonyl (C=O) groups excluding carboxylic acids is 4. The fourth-order valence-electron chi connectivity index (χ4n) is 3.23. The predicted octanol–water partition coefficient (Wildman–Crippen LogP) is 4.81. The summed E-state index contributed by atoms with van der Waals surface area (Å²) in [6.45, 7) is 3.56. The first-order valence-electron chi connectivity index (χ1n) is 11.0. The molecule has 37 heavy (non-hydrogen) atoms. The summed E-state index contributed by atoms with van der Waals surface area (Å²) in [6, 6.07) is 22.7. The summed E-state index contributed by atoms with van der Waals surface area (Å²) in [5.41, 5.74) is -2.35. The van der Waals surface area contributed by atoms with E-state index in [0.717, 1.165) is 11.6 Å². The van der Waals surface area contributed by atoms with Gasteiger partial charge in [0, 0.05) is 16.5 Å². The molecule has 0 aliphatic carbocycles. The zero-order chi connectivity index (χ0) is 26.8. The molecule has 0 atom stereocenters. The van der Waals surface area contributed by atoms with Gasteiger partial charge in [-0.25, -0.2) is 14.4 Å². The van der Waals surface area contributed by atoms with E-state index >= 15 is 0 Å². The van der Waals surface area contributed by atoms with Crippen LogP contribution < -0.4 is 9.47 Å². The Bertz CT molecular complexity index is 1220. The summed E-state index contributed by atoms with van der Waals surface area (Å²) < 4.78 is 21.6. The fourth-order valence-corrected chi connectivity index (χ4v) is 3.49. The molecule has 9 heteroatoms. The number of esters is 4. The SMILES string of the molecule is C=C(CC(C(=O)OC)(C(=O)Oc1ccccc1)C(=O)Oc1ccccc1)C(=O)OCc1ccc(Br)cc1. The van der Waals surface area contributed by atoms with E-state index in [4.69, 9.17) is 18.9 Å². The average molecular weight is 567 g/mol. The van der Waals surface area contributed by atoms with Crippen LogP contribution in [0.1, 0.15) is 12.0 Å². The van der Waals surface area contributed by atoms with Crippen molar-refractivity contribution in [3.8, 4) is 11.5 Å². The molecule has 0 saturated carbocycles. The van der Waals surface area contributed by atoms with E-state index in [2.05, 4.69) is 22.5 Å². The molecule has 0 heterocycles. The first-order chi connectivity index (χ1) is 17.8. The Hall–Kier alpha value is -4.24. The summed E-state index contributed by atoms with van der Waals surface area (Å²) in [4.78, 5) is 52.6. The van der Waals surface area contributed by atoms with Gasteiger partial charge >= 0.3 is 23.9 Å². The second kappa shape index (κ2) is 12.6. The molecule has 8 nitrogen and oxygen atoms in total. The second-order valence-corrected chi connectivity index (χ2v) is 8.70. The van der Waals surface area contributed by atoms with Crippen LogP contribution in [0.2, 0.25) is 0 Å². The zero-order valence-electron chi connectivity index (χ0n) is 19.8. The quantitative estimate of drug-likeness (QED) is 0.149. The van der Waals surface area contributed by atoms with Crippen molar-refractivity contribution < 1.29 is 38.1 Å². The molecule has 0 aliphatic heterocycles. The van der Waals surface area contributed by atoms with Gasteiger partial charge in [0.1, 0.15) is 18.1 Å². The molecule has 0 aliphatic rings. The molecule has 0 N–H and O–H groups in total. The summed E-state index contributed by atoms with van der Waals surface area (Å²) >= 11 is 3.32. The number of benzene rings is 3. The van der Waals surface area contributed by atoms with Crippen LogP contribution in [0.15, 0.2) is 102 Å². The Morgan fingerprint density at radius 3 is 1.70 bits per heavy atom. The predicted molar refractivity (Wildman–Crippen MR) is 136 cm³/mol. The number of hydrogen-bond acceptors (Lipinski definition) is 8. The average Bonchev–Trinajstić information content (AvgIpc) is 2.91. The number of ether oxygens (including phenoxy) is 4. The number of rotatable bonds is 10. The summed E-state index contributed by atoms with van der Waals surface area (Å²) in [6.07, 6.45) is -0.795. The molecule has 0 fully saturated rings. The van der Waals surface area contributed by atoms with Gasteiger partial charge in [-0.2, -0.15) is 0 Å². The lowest BCUT2D eigenvalue weighted by molar-refractivity contribution is -0.174. The third-order valence-electron chi connectivity index (χ3n) is 5.19. The third kappa shape index (κ3) is 6.92. The summed E-state index contributed by atoms with van der Waals surface area (Å²) in [5.74, 6) is -4.66. The van der Waals surface area contributed by atoms with Gasteiger partial charge in [-0.3, -0.25) is 4.79 Å². The molecule has 0 saturated heterocycles.